The second-order valence-electron chi connectivity index (χ2n) is 6.45. The number of para-hydroxylation sites is 1. The molecule has 5 heteroatoms. The normalized spacial score (nSPS) is 11.0. The molecule has 0 spiro atoms. The van der Waals surface area contributed by atoms with Gasteiger partial charge in [-0.1, -0.05) is 18.2 Å². The molecule has 0 N–H and O–H groups in total. The molecule has 3 nitrogen and oxygen atoms in total. The fourth-order valence-corrected chi connectivity index (χ4v) is 3.05. The highest BCUT2D eigenvalue weighted by atomic mass is 19.1. The zero-order valence-electron chi connectivity index (χ0n) is 14.9. The third-order valence-corrected chi connectivity index (χ3v) is 4.51. The van der Waals surface area contributed by atoms with Crippen LogP contribution in [0, 0.1) is 25.5 Å². The van der Waals surface area contributed by atoms with Gasteiger partial charge in [0.25, 0.3) is 0 Å². The molecule has 0 unspecified atom stereocenters. The van der Waals surface area contributed by atoms with Gasteiger partial charge in [0, 0.05) is 16.8 Å². The van der Waals surface area contributed by atoms with Gasteiger partial charge < -0.3 is 0 Å². The van der Waals surface area contributed by atoms with Crippen molar-refractivity contribution in [1.82, 2.24) is 14.8 Å². The summed E-state index contributed by atoms with van der Waals surface area (Å²) >= 11 is 0. The number of halogens is 2. The molecule has 0 saturated heterocycles. The largest absolute Gasteiger partial charge is 0.275 e. The molecular formula is C22H17F2N3. The fraction of sp³-hybridized carbons (Fsp3) is 0.0909. The first-order chi connectivity index (χ1) is 13.0. The lowest BCUT2D eigenvalue weighted by molar-refractivity contribution is 0.618. The predicted molar refractivity (Wildman–Crippen MR) is 102 cm³/mol. The van der Waals surface area contributed by atoms with E-state index < -0.39 is 0 Å². The van der Waals surface area contributed by atoms with Crippen LogP contribution in [0.3, 0.4) is 0 Å². The van der Waals surface area contributed by atoms with Crippen molar-refractivity contribution in [3.63, 3.8) is 0 Å². The lowest BCUT2D eigenvalue weighted by Crippen LogP contribution is -2.01. The van der Waals surface area contributed by atoms with Crippen molar-refractivity contribution in [1.29, 1.82) is 0 Å². The SMILES string of the molecule is Cc1cc(-c2nnc(-c3ccc(F)c(C)c3)n2-c2ccccc2)ccc1F. The van der Waals surface area contributed by atoms with Gasteiger partial charge in [-0.2, -0.15) is 0 Å². The van der Waals surface area contributed by atoms with Crippen molar-refractivity contribution >= 4 is 0 Å². The molecule has 1 heterocycles. The molecule has 27 heavy (non-hydrogen) atoms. The van der Waals surface area contributed by atoms with E-state index in [1.54, 1.807) is 38.1 Å². The summed E-state index contributed by atoms with van der Waals surface area (Å²) in [6, 6.07) is 19.4. The zero-order valence-corrected chi connectivity index (χ0v) is 14.9. The Morgan fingerprint density at radius 1 is 0.667 bits per heavy atom. The molecule has 3 aromatic carbocycles. The third-order valence-electron chi connectivity index (χ3n) is 4.51. The van der Waals surface area contributed by atoms with E-state index in [2.05, 4.69) is 10.2 Å². The number of aryl methyl sites for hydroxylation is 2. The van der Waals surface area contributed by atoms with E-state index in [4.69, 9.17) is 0 Å². The van der Waals surface area contributed by atoms with Gasteiger partial charge in [0.15, 0.2) is 11.6 Å². The van der Waals surface area contributed by atoms with Gasteiger partial charge in [0.2, 0.25) is 0 Å². The van der Waals surface area contributed by atoms with Crippen LogP contribution in [0.2, 0.25) is 0 Å². The van der Waals surface area contributed by atoms with E-state index in [0.29, 0.717) is 22.8 Å². The molecule has 1 aromatic heterocycles. The smallest absolute Gasteiger partial charge is 0.168 e. The van der Waals surface area contributed by atoms with E-state index in [9.17, 15) is 8.78 Å². The van der Waals surface area contributed by atoms with E-state index in [-0.39, 0.29) is 11.6 Å². The molecule has 134 valence electrons. The summed E-state index contributed by atoms with van der Waals surface area (Å²) in [5.41, 5.74) is 3.46. The second kappa shape index (κ2) is 6.76. The Balaban J connectivity index is 1.96. The third kappa shape index (κ3) is 3.12. The first-order valence-electron chi connectivity index (χ1n) is 8.58. The maximum Gasteiger partial charge on any atom is 0.168 e. The Morgan fingerprint density at radius 3 is 1.59 bits per heavy atom. The van der Waals surface area contributed by atoms with Crippen molar-refractivity contribution in [2.45, 2.75) is 13.8 Å². The van der Waals surface area contributed by atoms with Crippen LogP contribution in [0.5, 0.6) is 0 Å². The van der Waals surface area contributed by atoms with Gasteiger partial charge in [-0.05, 0) is 73.5 Å². The van der Waals surface area contributed by atoms with Crippen molar-refractivity contribution in [2.24, 2.45) is 0 Å². The quantitative estimate of drug-likeness (QED) is 0.483. The summed E-state index contributed by atoms with van der Waals surface area (Å²) < 4.78 is 29.3. The van der Waals surface area contributed by atoms with Crippen LogP contribution in [0.4, 0.5) is 8.78 Å². The van der Waals surface area contributed by atoms with Crippen molar-refractivity contribution < 1.29 is 8.78 Å². The number of hydrogen-bond acceptors (Lipinski definition) is 2. The number of aromatic nitrogens is 3. The van der Waals surface area contributed by atoms with Crippen molar-refractivity contribution in [2.75, 3.05) is 0 Å². The Labute approximate surface area is 155 Å². The number of hydrogen-bond donors (Lipinski definition) is 0. The van der Waals surface area contributed by atoms with Crippen molar-refractivity contribution in [3.8, 4) is 28.5 Å². The van der Waals surface area contributed by atoms with E-state index >= 15 is 0 Å². The molecule has 0 bridgehead atoms. The van der Waals surface area contributed by atoms with Gasteiger partial charge in [0.05, 0.1) is 0 Å². The van der Waals surface area contributed by atoms with Crippen molar-refractivity contribution in [3.05, 3.63) is 89.5 Å². The van der Waals surface area contributed by atoms with Crippen LogP contribution < -0.4 is 0 Å². The maximum absolute atomic E-state index is 13.7. The molecule has 0 atom stereocenters. The predicted octanol–water partition coefficient (Wildman–Crippen LogP) is 5.50. The molecule has 0 amide bonds. The van der Waals surface area contributed by atoms with E-state index in [1.807, 2.05) is 34.9 Å². The van der Waals surface area contributed by atoms with Crippen LogP contribution in [0.25, 0.3) is 28.5 Å². The molecule has 0 aliphatic rings. The Bertz CT molecular complexity index is 1050. The molecule has 4 aromatic rings. The standard InChI is InChI=1S/C22H17F2N3/c1-14-12-16(8-10-19(14)23)21-25-26-22(17-9-11-20(24)15(2)13-17)27(21)18-6-4-3-5-7-18/h3-13H,1-2H3. The average molecular weight is 361 g/mol. The maximum atomic E-state index is 13.7. The Morgan fingerprint density at radius 2 is 1.15 bits per heavy atom. The summed E-state index contributed by atoms with van der Waals surface area (Å²) in [6.07, 6.45) is 0. The van der Waals surface area contributed by atoms with Gasteiger partial charge in [0.1, 0.15) is 11.6 Å². The highest BCUT2D eigenvalue weighted by molar-refractivity contribution is 5.67. The lowest BCUT2D eigenvalue weighted by Gasteiger charge is -2.12. The molecule has 0 aliphatic carbocycles. The van der Waals surface area contributed by atoms with E-state index in [0.717, 1.165) is 16.8 Å². The minimum absolute atomic E-state index is 0.265. The van der Waals surface area contributed by atoms with Gasteiger partial charge in [-0.15, -0.1) is 10.2 Å². The van der Waals surface area contributed by atoms with Crippen LogP contribution >= 0.6 is 0 Å². The lowest BCUT2D eigenvalue weighted by atomic mass is 10.1. The molecule has 0 radical (unpaired) electrons. The monoisotopic (exact) mass is 361 g/mol. The number of benzene rings is 3. The van der Waals surface area contributed by atoms with Crippen LogP contribution in [-0.2, 0) is 0 Å². The number of rotatable bonds is 3. The molecule has 0 fully saturated rings. The fourth-order valence-electron chi connectivity index (χ4n) is 3.05. The van der Waals surface area contributed by atoms with Crippen LogP contribution in [0.1, 0.15) is 11.1 Å². The first kappa shape index (κ1) is 17.1. The molecular weight excluding hydrogens is 344 g/mol. The summed E-state index contributed by atoms with van der Waals surface area (Å²) in [4.78, 5) is 0. The summed E-state index contributed by atoms with van der Waals surface area (Å²) in [7, 11) is 0. The van der Waals surface area contributed by atoms with E-state index in [1.165, 1.54) is 12.1 Å². The van der Waals surface area contributed by atoms with Gasteiger partial charge in [-0.3, -0.25) is 4.57 Å². The second-order valence-corrected chi connectivity index (χ2v) is 6.45. The topological polar surface area (TPSA) is 30.7 Å². The minimum Gasteiger partial charge on any atom is -0.275 e. The average Bonchev–Trinajstić information content (AvgIpc) is 3.12. The molecule has 0 aliphatic heterocycles. The van der Waals surface area contributed by atoms with Crippen LogP contribution in [-0.4, -0.2) is 14.8 Å². The van der Waals surface area contributed by atoms with Crippen LogP contribution in [0.15, 0.2) is 66.7 Å². The van der Waals surface area contributed by atoms with Gasteiger partial charge in [-0.25, -0.2) is 8.78 Å². The summed E-state index contributed by atoms with van der Waals surface area (Å²) in [5.74, 6) is 0.667. The first-order valence-corrected chi connectivity index (χ1v) is 8.58. The minimum atomic E-state index is -0.265. The summed E-state index contributed by atoms with van der Waals surface area (Å²) in [5, 5.41) is 8.72. The molecule has 4 rings (SSSR count). The highest BCUT2D eigenvalue weighted by Gasteiger charge is 2.18. The zero-order chi connectivity index (χ0) is 19.0. The Hall–Kier alpha value is -3.34. The Kier molecular flexibility index (Phi) is 4.28. The molecule has 0 saturated carbocycles. The van der Waals surface area contributed by atoms with Gasteiger partial charge >= 0.3 is 0 Å². The summed E-state index contributed by atoms with van der Waals surface area (Å²) in [6.45, 7) is 3.43. The highest BCUT2D eigenvalue weighted by Crippen LogP contribution is 2.30. The number of nitrogens with zero attached hydrogens (tertiary/aromatic N) is 3.